The second-order valence-corrected chi connectivity index (χ2v) is 6.60. The Hall–Kier alpha value is -3.55. The van der Waals surface area contributed by atoms with E-state index in [0.29, 0.717) is 0 Å². The van der Waals surface area contributed by atoms with Crippen LogP contribution in [0.25, 0.3) is 0 Å². The summed E-state index contributed by atoms with van der Waals surface area (Å²) in [5.41, 5.74) is 0.470. The van der Waals surface area contributed by atoms with Gasteiger partial charge in [0.05, 0.1) is 22.4 Å². The quantitative estimate of drug-likeness (QED) is 0.631. The molecule has 28 heavy (non-hydrogen) atoms. The highest BCUT2D eigenvalue weighted by molar-refractivity contribution is 6.34. The second kappa shape index (κ2) is 6.88. The molecule has 2 aromatic rings. The standard InChI is InChI=1S/C20H15FN2O5/c21-12-2-6-14(7-3-12)23-18(25)15-8-1-11(9-16(15)19(23)26)20(27)28-10-17(24)22-13-4-5-13/h1-3,6-9,13H,4-5,10H2,(H,22,24). The van der Waals surface area contributed by atoms with Gasteiger partial charge in [-0.15, -0.1) is 0 Å². The average Bonchev–Trinajstić information content (AvgIpc) is 3.46. The van der Waals surface area contributed by atoms with Crippen LogP contribution in [0.4, 0.5) is 10.1 Å². The third kappa shape index (κ3) is 3.36. The molecule has 8 heteroatoms. The van der Waals surface area contributed by atoms with E-state index in [1.54, 1.807) is 0 Å². The maximum atomic E-state index is 13.1. The molecule has 0 atom stereocenters. The van der Waals surface area contributed by atoms with E-state index < -0.39 is 30.2 Å². The van der Waals surface area contributed by atoms with Gasteiger partial charge in [0.15, 0.2) is 6.61 Å². The van der Waals surface area contributed by atoms with Crippen molar-refractivity contribution in [3.05, 3.63) is 65.0 Å². The summed E-state index contributed by atoms with van der Waals surface area (Å²) in [6.45, 7) is -0.416. The lowest BCUT2D eigenvalue weighted by molar-refractivity contribution is -0.124. The number of fused-ring (bicyclic) bond motifs is 1. The highest BCUT2D eigenvalue weighted by Gasteiger charge is 2.37. The van der Waals surface area contributed by atoms with Crippen molar-refractivity contribution in [2.24, 2.45) is 0 Å². The Balaban J connectivity index is 1.50. The molecule has 1 N–H and O–H groups in total. The summed E-state index contributed by atoms with van der Waals surface area (Å²) in [4.78, 5) is 49.9. The van der Waals surface area contributed by atoms with Crippen molar-refractivity contribution >= 4 is 29.4 Å². The van der Waals surface area contributed by atoms with Crippen LogP contribution in [-0.2, 0) is 9.53 Å². The van der Waals surface area contributed by atoms with Gasteiger partial charge in [0, 0.05) is 6.04 Å². The molecule has 142 valence electrons. The summed E-state index contributed by atoms with van der Waals surface area (Å²) in [6.07, 6.45) is 1.84. The number of carbonyl (C=O) groups is 4. The molecule has 0 spiro atoms. The molecule has 0 unspecified atom stereocenters. The van der Waals surface area contributed by atoms with Crippen LogP contribution in [0.2, 0.25) is 0 Å². The van der Waals surface area contributed by atoms with Crippen LogP contribution in [0.3, 0.4) is 0 Å². The maximum absolute atomic E-state index is 13.1. The molecule has 0 radical (unpaired) electrons. The SMILES string of the molecule is O=C(COC(=O)c1ccc2c(c1)C(=O)N(c1ccc(F)cc1)C2=O)NC1CC1. The molecular weight excluding hydrogens is 367 g/mol. The lowest BCUT2D eigenvalue weighted by Crippen LogP contribution is -2.30. The Morgan fingerprint density at radius 1 is 1.04 bits per heavy atom. The molecule has 0 aromatic heterocycles. The van der Waals surface area contributed by atoms with Gasteiger partial charge in [-0.05, 0) is 55.3 Å². The molecule has 7 nitrogen and oxygen atoms in total. The van der Waals surface area contributed by atoms with E-state index in [-0.39, 0.29) is 34.3 Å². The summed E-state index contributed by atoms with van der Waals surface area (Å²) in [7, 11) is 0. The zero-order chi connectivity index (χ0) is 19.8. The Labute approximate surface area is 159 Å². The number of nitrogens with zero attached hydrogens (tertiary/aromatic N) is 1. The fourth-order valence-corrected chi connectivity index (χ4v) is 2.90. The first-order chi connectivity index (χ1) is 13.4. The predicted octanol–water partition coefficient (Wildman–Crippen LogP) is 2.06. The van der Waals surface area contributed by atoms with Crippen LogP contribution in [0.1, 0.15) is 43.9 Å². The Kier molecular flexibility index (Phi) is 4.38. The van der Waals surface area contributed by atoms with Gasteiger partial charge >= 0.3 is 5.97 Å². The predicted molar refractivity (Wildman–Crippen MR) is 95.4 cm³/mol. The third-order valence-electron chi connectivity index (χ3n) is 4.48. The molecule has 2 aliphatic rings. The molecule has 1 heterocycles. The van der Waals surface area contributed by atoms with Crippen molar-refractivity contribution in [1.82, 2.24) is 5.32 Å². The molecule has 0 saturated heterocycles. The highest BCUT2D eigenvalue weighted by atomic mass is 19.1. The highest BCUT2D eigenvalue weighted by Crippen LogP contribution is 2.29. The number of imide groups is 1. The number of rotatable bonds is 5. The number of nitrogens with one attached hydrogen (secondary N) is 1. The summed E-state index contributed by atoms with van der Waals surface area (Å²) in [6, 6.07) is 9.09. The lowest BCUT2D eigenvalue weighted by Gasteiger charge is -2.13. The summed E-state index contributed by atoms with van der Waals surface area (Å²) < 4.78 is 18.1. The van der Waals surface area contributed by atoms with Crippen molar-refractivity contribution in [3.63, 3.8) is 0 Å². The summed E-state index contributed by atoms with van der Waals surface area (Å²) in [5, 5.41) is 2.69. The van der Waals surface area contributed by atoms with Gasteiger partial charge in [-0.2, -0.15) is 0 Å². The van der Waals surface area contributed by atoms with Crippen molar-refractivity contribution in [2.45, 2.75) is 18.9 Å². The smallest absolute Gasteiger partial charge is 0.338 e. The second-order valence-electron chi connectivity index (χ2n) is 6.60. The van der Waals surface area contributed by atoms with E-state index in [1.807, 2.05) is 0 Å². The van der Waals surface area contributed by atoms with Crippen LogP contribution < -0.4 is 10.2 Å². The largest absolute Gasteiger partial charge is 0.452 e. The van der Waals surface area contributed by atoms with Gasteiger partial charge in [0.25, 0.3) is 17.7 Å². The Morgan fingerprint density at radius 2 is 1.71 bits per heavy atom. The van der Waals surface area contributed by atoms with Crippen LogP contribution in [0.5, 0.6) is 0 Å². The van der Waals surface area contributed by atoms with Crippen molar-refractivity contribution < 1.29 is 28.3 Å². The molecule has 1 aliphatic heterocycles. The van der Waals surface area contributed by atoms with Crippen molar-refractivity contribution in [1.29, 1.82) is 0 Å². The number of halogens is 1. The van der Waals surface area contributed by atoms with Gasteiger partial charge < -0.3 is 10.1 Å². The normalized spacial score (nSPS) is 15.4. The Bertz CT molecular complexity index is 998. The van der Waals surface area contributed by atoms with Gasteiger partial charge in [0.2, 0.25) is 0 Å². The number of ether oxygens (including phenoxy) is 1. The fourth-order valence-electron chi connectivity index (χ4n) is 2.90. The number of amides is 3. The van der Waals surface area contributed by atoms with E-state index in [4.69, 9.17) is 4.74 Å². The van der Waals surface area contributed by atoms with Gasteiger partial charge in [0.1, 0.15) is 5.82 Å². The van der Waals surface area contributed by atoms with Crippen molar-refractivity contribution in [3.8, 4) is 0 Å². The first-order valence-electron chi connectivity index (χ1n) is 8.69. The van der Waals surface area contributed by atoms with E-state index >= 15 is 0 Å². The van der Waals surface area contributed by atoms with Gasteiger partial charge in [-0.25, -0.2) is 14.1 Å². The van der Waals surface area contributed by atoms with Crippen LogP contribution in [-0.4, -0.2) is 36.3 Å². The minimum absolute atomic E-state index is 0.0474. The molecule has 0 bridgehead atoms. The molecule has 1 saturated carbocycles. The van der Waals surface area contributed by atoms with E-state index in [9.17, 15) is 23.6 Å². The first kappa shape index (κ1) is 17.8. The number of esters is 1. The molecule has 4 rings (SSSR count). The van der Waals surface area contributed by atoms with E-state index in [1.165, 1.54) is 30.3 Å². The number of carbonyl (C=O) groups excluding carboxylic acids is 4. The topological polar surface area (TPSA) is 92.8 Å². The summed E-state index contributed by atoms with van der Waals surface area (Å²) >= 11 is 0. The number of hydrogen-bond acceptors (Lipinski definition) is 5. The minimum Gasteiger partial charge on any atom is -0.452 e. The fraction of sp³-hybridized carbons (Fsp3) is 0.200. The Morgan fingerprint density at radius 3 is 2.39 bits per heavy atom. The van der Waals surface area contributed by atoms with Crippen molar-refractivity contribution in [2.75, 3.05) is 11.5 Å². The molecule has 1 fully saturated rings. The average molecular weight is 382 g/mol. The number of benzene rings is 2. The van der Waals surface area contributed by atoms with E-state index in [0.717, 1.165) is 29.9 Å². The monoisotopic (exact) mass is 382 g/mol. The molecule has 2 aromatic carbocycles. The minimum atomic E-state index is -0.769. The maximum Gasteiger partial charge on any atom is 0.338 e. The van der Waals surface area contributed by atoms with Gasteiger partial charge in [-0.1, -0.05) is 0 Å². The van der Waals surface area contributed by atoms with E-state index in [2.05, 4.69) is 5.32 Å². The van der Waals surface area contributed by atoms with Crippen LogP contribution in [0, 0.1) is 5.82 Å². The lowest BCUT2D eigenvalue weighted by atomic mass is 10.1. The first-order valence-corrected chi connectivity index (χ1v) is 8.69. The third-order valence-corrected chi connectivity index (χ3v) is 4.48. The zero-order valence-electron chi connectivity index (χ0n) is 14.6. The number of anilines is 1. The number of hydrogen-bond donors (Lipinski definition) is 1. The molecular formula is C20H15FN2O5. The summed E-state index contributed by atoms with van der Waals surface area (Å²) in [5.74, 6) is -2.82. The van der Waals surface area contributed by atoms with Crippen LogP contribution in [0.15, 0.2) is 42.5 Å². The molecule has 1 aliphatic carbocycles. The van der Waals surface area contributed by atoms with Gasteiger partial charge in [-0.3, -0.25) is 14.4 Å². The molecule has 3 amide bonds. The van der Waals surface area contributed by atoms with Crippen LogP contribution >= 0.6 is 0 Å². The zero-order valence-corrected chi connectivity index (χ0v) is 14.6.